The van der Waals surface area contributed by atoms with Crippen molar-refractivity contribution in [2.24, 2.45) is 32.5 Å². The maximum Gasteiger partial charge on any atom is 0.316 e. The fourth-order valence-electron chi connectivity index (χ4n) is 10.9. The number of carbonyl (C=O) groups excluding carboxylic acids is 2. The molecule has 6 heteroatoms. The van der Waals surface area contributed by atoms with Crippen LogP contribution in [0.4, 0.5) is 0 Å². The maximum absolute atomic E-state index is 15.0. The van der Waals surface area contributed by atoms with Gasteiger partial charge in [-0.2, -0.15) is 0 Å². The molecule has 2 N–H and O–H groups in total. The van der Waals surface area contributed by atoms with Crippen LogP contribution < -0.4 is 0 Å². The van der Waals surface area contributed by atoms with E-state index in [9.17, 15) is 19.8 Å². The summed E-state index contributed by atoms with van der Waals surface area (Å²) in [5, 5.41) is 20.5. The first-order valence-corrected chi connectivity index (χ1v) is 20.7. The predicted octanol–water partition coefficient (Wildman–Crippen LogP) is 12.5. The summed E-state index contributed by atoms with van der Waals surface area (Å²) in [5.41, 5.74) is 1.60. The van der Waals surface area contributed by atoms with E-state index < -0.39 is 27.1 Å². The molecule has 0 fully saturated rings. The molecule has 0 bridgehead atoms. The molecular formula is C47H80O6. The van der Waals surface area contributed by atoms with Gasteiger partial charge in [0.25, 0.3) is 0 Å². The zero-order valence-electron chi connectivity index (χ0n) is 37.2. The van der Waals surface area contributed by atoms with E-state index in [-0.39, 0.29) is 42.2 Å². The molecular weight excluding hydrogens is 661 g/mol. The Kier molecular flexibility index (Phi) is 17.6. The number of rotatable bonds is 22. The molecule has 1 aromatic carbocycles. The maximum atomic E-state index is 15.0. The van der Waals surface area contributed by atoms with Crippen LogP contribution in [0.25, 0.3) is 0 Å². The van der Waals surface area contributed by atoms with Crippen molar-refractivity contribution in [1.29, 1.82) is 0 Å². The molecule has 0 heterocycles. The quantitative estimate of drug-likeness (QED) is 0.0908. The summed E-state index contributed by atoms with van der Waals surface area (Å²) < 4.78 is 11.8. The van der Waals surface area contributed by atoms with Crippen LogP contribution in [0.1, 0.15) is 180 Å². The number of benzene rings is 1. The lowest BCUT2D eigenvalue weighted by Gasteiger charge is -2.63. The molecule has 1 rings (SSSR count). The number of aliphatic hydroxyl groups excluding tert-OH is 1. The number of aromatic hydroxyl groups is 1. The van der Waals surface area contributed by atoms with Crippen LogP contribution in [0.15, 0.2) is 46.6 Å². The summed E-state index contributed by atoms with van der Waals surface area (Å²) in [6.45, 7) is 34.8. The van der Waals surface area contributed by atoms with Gasteiger partial charge in [-0.1, -0.05) is 105 Å². The van der Waals surface area contributed by atoms with Crippen molar-refractivity contribution < 1.29 is 29.3 Å². The van der Waals surface area contributed by atoms with Crippen molar-refractivity contribution in [1.82, 2.24) is 0 Å². The molecule has 3 atom stereocenters. The fraction of sp³-hybridized carbons (Fsp3) is 0.745. The minimum absolute atomic E-state index is 0.0508. The molecule has 1 aromatic rings. The molecule has 0 aliphatic carbocycles. The third kappa shape index (κ3) is 8.48. The van der Waals surface area contributed by atoms with Gasteiger partial charge in [-0.05, 0) is 137 Å². The first-order chi connectivity index (χ1) is 24.7. The van der Waals surface area contributed by atoms with Gasteiger partial charge in [0, 0.05) is 5.92 Å². The predicted molar refractivity (Wildman–Crippen MR) is 222 cm³/mol. The summed E-state index contributed by atoms with van der Waals surface area (Å²) in [4.78, 5) is 29.5. The lowest BCUT2D eigenvalue weighted by molar-refractivity contribution is -0.187. The molecule has 304 valence electrons. The van der Waals surface area contributed by atoms with Crippen molar-refractivity contribution in [3.05, 3.63) is 52.1 Å². The highest BCUT2D eigenvalue weighted by Gasteiger charge is 2.66. The van der Waals surface area contributed by atoms with E-state index in [1.807, 2.05) is 12.1 Å². The van der Waals surface area contributed by atoms with Gasteiger partial charge in [0.1, 0.15) is 12.4 Å². The number of phenols is 1. The fourth-order valence-corrected chi connectivity index (χ4v) is 10.9. The Morgan fingerprint density at radius 1 is 0.698 bits per heavy atom. The second-order valence-corrected chi connectivity index (χ2v) is 17.2. The molecule has 0 saturated heterocycles. The molecule has 0 aromatic heterocycles. The zero-order valence-corrected chi connectivity index (χ0v) is 37.2. The molecule has 6 nitrogen and oxygen atoms in total. The molecule has 0 aliphatic rings. The highest BCUT2D eigenvalue weighted by Crippen LogP contribution is 2.70. The lowest BCUT2D eigenvalue weighted by atomic mass is 9.40. The summed E-state index contributed by atoms with van der Waals surface area (Å²) in [5.74, 6) is -0.607. The smallest absolute Gasteiger partial charge is 0.316 e. The van der Waals surface area contributed by atoms with Gasteiger partial charge >= 0.3 is 11.9 Å². The van der Waals surface area contributed by atoms with Crippen LogP contribution >= 0.6 is 0 Å². The van der Waals surface area contributed by atoms with Gasteiger partial charge in [0.2, 0.25) is 0 Å². The number of hydrogen-bond donors (Lipinski definition) is 2. The summed E-state index contributed by atoms with van der Waals surface area (Å²) >= 11 is 0. The average Bonchev–Trinajstić information content (AvgIpc) is 3.15. The number of hydrogen-bond acceptors (Lipinski definition) is 6. The Labute approximate surface area is 325 Å². The zero-order chi connectivity index (χ0) is 41.2. The summed E-state index contributed by atoms with van der Waals surface area (Å²) in [7, 11) is 1.50. The number of phenolic OH excluding ortho intramolecular Hbond substituents is 1. The number of aliphatic hydroxyl groups is 1. The number of esters is 2. The Bertz CT molecular complexity index is 1390. The van der Waals surface area contributed by atoms with E-state index in [2.05, 4.69) is 111 Å². The van der Waals surface area contributed by atoms with Crippen LogP contribution in [-0.2, 0) is 19.1 Å². The van der Waals surface area contributed by atoms with Gasteiger partial charge in [-0.25, -0.2) is 0 Å². The minimum Gasteiger partial charge on any atom is -0.508 e. The number of allylic oxidation sites excluding steroid dienone is 3. The number of methoxy groups -OCH3 is 1. The lowest BCUT2D eigenvalue weighted by Crippen LogP contribution is -2.59. The minimum atomic E-state index is -1.01. The van der Waals surface area contributed by atoms with Crippen molar-refractivity contribution in [2.75, 3.05) is 20.3 Å². The average molecular weight is 741 g/mol. The molecule has 0 radical (unpaired) electrons. The van der Waals surface area contributed by atoms with Crippen molar-refractivity contribution in [2.45, 2.75) is 174 Å². The van der Waals surface area contributed by atoms with Gasteiger partial charge < -0.3 is 19.7 Å². The van der Waals surface area contributed by atoms with Crippen molar-refractivity contribution >= 4 is 11.9 Å². The van der Waals surface area contributed by atoms with Gasteiger partial charge in [0.05, 0.1) is 24.5 Å². The van der Waals surface area contributed by atoms with Crippen LogP contribution in [-0.4, -0.2) is 42.5 Å². The van der Waals surface area contributed by atoms with Crippen molar-refractivity contribution in [3.8, 4) is 5.75 Å². The highest BCUT2D eigenvalue weighted by molar-refractivity contribution is 5.84. The van der Waals surface area contributed by atoms with E-state index in [0.717, 1.165) is 66.4 Å². The van der Waals surface area contributed by atoms with Gasteiger partial charge in [-0.15, -0.1) is 0 Å². The molecule has 0 spiro atoms. The molecule has 0 aliphatic heterocycles. The third-order valence-electron chi connectivity index (χ3n) is 15.0. The van der Waals surface area contributed by atoms with Crippen molar-refractivity contribution in [3.63, 3.8) is 0 Å². The molecule has 0 amide bonds. The molecule has 0 saturated carbocycles. The van der Waals surface area contributed by atoms with E-state index in [1.165, 1.54) is 7.11 Å². The Hall–Kier alpha value is -2.60. The topological polar surface area (TPSA) is 93.1 Å². The van der Waals surface area contributed by atoms with E-state index >= 15 is 0 Å². The highest BCUT2D eigenvalue weighted by atomic mass is 16.5. The van der Waals surface area contributed by atoms with Crippen LogP contribution in [0.3, 0.4) is 0 Å². The van der Waals surface area contributed by atoms with E-state index in [0.29, 0.717) is 19.3 Å². The Balaban J connectivity index is 4.94. The SMILES string of the molecule is CCC(C)(CC)CC(C)(C(=O)OCCO)C(CC)(CC)C(CC)(CC)C(C(=C(C)C)C(=C(C)C)C(C)(C(=O)OC)C(C)(CC)CC)c1ccc(O)cc1. The van der Waals surface area contributed by atoms with Gasteiger partial charge in [0.15, 0.2) is 0 Å². The standard InChI is InChI=1S/C47H80O6/c1-18-42(13,19-2)32-44(15,40(50)53-31-30-48)47(24-7,25-8)46(22-5,23-6)39(35-26-28-36(49)29-27-35)37(33(9)10)38(34(11)12)45(16,41(51)52-17)43(14,20-3)21-4/h26-29,39,48-49H,18-25,30-32H2,1-17H3. The third-order valence-corrected chi connectivity index (χ3v) is 15.0. The van der Waals surface area contributed by atoms with Crippen LogP contribution in [0.2, 0.25) is 0 Å². The molecule has 3 unspecified atom stereocenters. The van der Waals surface area contributed by atoms with E-state index in [1.54, 1.807) is 12.1 Å². The Morgan fingerprint density at radius 3 is 1.53 bits per heavy atom. The normalized spacial score (nSPS) is 15.5. The summed E-state index contributed by atoms with van der Waals surface area (Å²) in [6, 6.07) is 7.62. The number of ether oxygens (including phenoxy) is 2. The first kappa shape index (κ1) is 48.4. The van der Waals surface area contributed by atoms with Crippen LogP contribution in [0.5, 0.6) is 5.75 Å². The number of carbonyl (C=O) groups is 2. The molecule has 53 heavy (non-hydrogen) atoms. The van der Waals surface area contributed by atoms with Crippen LogP contribution in [0, 0.1) is 32.5 Å². The second kappa shape index (κ2) is 19.3. The monoisotopic (exact) mass is 741 g/mol. The second-order valence-electron chi connectivity index (χ2n) is 17.2. The Morgan fingerprint density at radius 2 is 1.19 bits per heavy atom. The summed E-state index contributed by atoms with van der Waals surface area (Å²) in [6.07, 6.45) is 6.91. The first-order valence-electron chi connectivity index (χ1n) is 20.7. The van der Waals surface area contributed by atoms with E-state index in [4.69, 9.17) is 9.47 Å². The van der Waals surface area contributed by atoms with Gasteiger partial charge in [-0.3, -0.25) is 9.59 Å². The largest absolute Gasteiger partial charge is 0.508 e.